The van der Waals surface area contributed by atoms with E-state index in [9.17, 15) is 9.59 Å². The van der Waals surface area contributed by atoms with Crippen LogP contribution < -0.4 is 10.2 Å². The van der Waals surface area contributed by atoms with Crippen molar-refractivity contribution in [3.63, 3.8) is 0 Å². The molecule has 0 radical (unpaired) electrons. The fourth-order valence-electron chi connectivity index (χ4n) is 5.05. The number of fused-ring (bicyclic) bond motifs is 1. The number of aromatic nitrogens is 2. The quantitative estimate of drug-likeness (QED) is 0.396. The number of carbonyl (C=O) groups excluding carboxylic acids is 2. The first-order valence-electron chi connectivity index (χ1n) is 12.8. The first-order chi connectivity index (χ1) is 17.9. The van der Waals surface area contributed by atoms with E-state index in [2.05, 4.69) is 53.3 Å². The molecule has 1 aliphatic heterocycles. The monoisotopic (exact) mass is 495 g/mol. The van der Waals surface area contributed by atoms with Gasteiger partial charge in [0.15, 0.2) is 0 Å². The molecule has 0 saturated carbocycles. The lowest BCUT2D eigenvalue weighted by atomic mass is 10.1. The van der Waals surface area contributed by atoms with E-state index in [4.69, 9.17) is 4.98 Å². The molecule has 4 aromatic rings. The topological polar surface area (TPSA) is 81.3 Å². The van der Waals surface area contributed by atoms with Crippen LogP contribution in [0.15, 0.2) is 66.7 Å². The smallest absolute Gasteiger partial charge is 0.254 e. The number of amides is 2. The maximum absolute atomic E-state index is 13.3. The summed E-state index contributed by atoms with van der Waals surface area (Å²) in [4.78, 5) is 37.0. The lowest BCUT2D eigenvalue weighted by molar-refractivity contribution is -0.114. The van der Waals surface area contributed by atoms with E-state index in [1.807, 2.05) is 47.4 Å². The molecule has 1 aliphatic rings. The number of nitrogens with zero attached hydrogens (tertiary/aromatic N) is 3. The van der Waals surface area contributed by atoms with Gasteiger partial charge in [-0.2, -0.15) is 0 Å². The number of H-pyrrole nitrogens is 1. The highest BCUT2D eigenvalue weighted by atomic mass is 16.2. The highest BCUT2D eigenvalue weighted by Gasteiger charge is 2.27. The summed E-state index contributed by atoms with van der Waals surface area (Å²) in [7, 11) is 0. The predicted octanol–water partition coefficient (Wildman–Crippen LogP) is 4.97. The highest BCUT2D eigenvalue weighted by Crippen LogP contribution is 2.23. The number of rotatable bonds is 6. The van der Waals surface area contributed by atoms with Crippen molar-refractivity contribution in [2.45, 2.75) is 39.7 Å². The molecule has 2 N–H and O–H groups in total. The van der Waals surface area contributed by atoms with Crippen LogP contribution in [0.25, 0.3) is 11.0 Å². The van der Waals surface area contributed by atoms with Crippen molar-refractivity contribution in [2.24, 2.45) is 0 Å². The number of aromatic amines is 1. The molecule has 7 nitrogen and oxygen atoms in total. The van der Waals surface area contributed by atoms with Crippen LogP contribution in [0.1, 0.15) is 41.2 Å². The van der Waals surface area contributed by atoms with Gasteiger partial charge in [-0.05, 0) is 73.9 Å². The van der Waals surface area contributed by atoms with Crippen LogP contribution in [0.3, 0.4) is 0 Å². The van der Waals surface area contributed by atoms with Crippen LogP contribution in [-0.4, -0.2) is 52.4 Å². The fraction of sp³-hybridized carbons (Fsp3) is 0.300. The van der Waals surface area contributed by atoms with Gasteiger partial charge < -0.3 is 20.1 Å². The van der Waals surface area contributed by atoms with E-state index < -0.39 is 0 Å². The Hall–Kier alpha value is -4.13. The standard InChI is InChI=1S/C30H33N5O2/c1-20-5-4-6-26(17-20)35-16-15-34(19-21(35)2)30(37)24-10-13-27-28(18-24)33-29(32-27)14-9-23-7-11-25(12-8-23)31-22(3)36/h4-8,10-13,17-18,21H,9,14-16,19H2,1-3H3,(H,31,36)(H,32,33)/t21-/m1/s1. The van der Waals surface area contributed by atoms with Gasteiger partial charge in [0.1, 0.15) is 5.82 Å². The van der Waals surface area contributed by atoms with Gasteiger partial charge in [0.25, 0.3) is 5.91 Å². The first kappa shape index (κ1) is 24.6. The van der Waals surface area contributed by atoms with Crippen LogP contribution in [0.5, 0.6) is 0 Å². The third kappa shape index (κ3) is 5.66. The summed E-state index contributed by atoms with van der Waals surface area (Å²) in [6.07, 6.45) is 1.59. The Bertz CT molecular complexity index is 1430. The molecule has 1 aromatic heterocycles. The molecular formula is C30H33N5O2. The molecule has 2 heterocycles. The molecule has 7 heteroatoms. The van der Waals surface area contributed by atoms with Crippen LogP contribution in [0.4, 0.5) is 11.4 Å². The number of hydrogen-bond donors (Lipinski definition) is 2. The number of hydrogen-bond acceptors (Lipinski definition) is 4. The predicted molar refractivity (Wildman–Crippen MR) is 148 cm³/mol. The maximum atomic E-state index is 13.3. The van der Waals surface area contributed by atoms with Gasteiger partial charge in [-0.25, -0.2) is 4.98 Å². The Morgan fingerprint density at radius 3 is 2.57 bits per heavy atom. The van der Waals surface area contributed by atoms with Crippen molar-refractivity contribution in [1.82, 2.24) is 14.9 Å². The SMILES string of the molecule is CC(=O)Nc1ccc(CCc2nc3ccc(C(=O)N4CCN(c5cccc(C)c5)[C@H](C)C4)cc3[nH]2)cc1. The Labute approximate surface area is 217 Å². The van der Waals surface area contributed by atoms with Crippen LogP contribution in [0, 0.1) is 6.92 Å². The molecule has 0 bridgehead atoms. The van der Waals surface area contributed by atoms with Gasteiger partial charge in [0.2, 0.25) is 5.91 Å². The number of benzene rings is 3. The molecule has 3 aromatic carbocycles. The van der Waals surface area contributed by atoms with Crippen molar-refractivity contribution in [1.29, 1.82) is 0 Å². The van der Waals surface area contributed by atoms with Crippen molar-refractivity contribution in [2.75, 3.05) is 29.9 Å². The molecule has 1 atom stereocenters. The molecule has 5 rings (SSSR count). The number of anilines is 2. The fourth-order valence-corrected chi connectivity index (χ4v) is 5.05. The third-order valence-electron chi connectivity index (χ3n) is 6.95. The van der Waals surface area contributed by atoms with Crippen molar-refractivity contribution >= 4 is 34.2 Å². The Morgan fingerprint density at radius 2 is 1.84 bits per heavy atom. The van der Waals surface area contributed by atoms with Crippen molar-refractivity contribution in [3.8, 4) is 0 Å². The Balaban J connectivity index is 1.22. The molecule has 2 amide bonds. The second-order valence-electron chi connectivity index (χ2n) is 9.93. The third-order valence-corrected chi connectivity index (χ3v) is 6.95. The summed E-state index contributed by atoms with van der Waals surface area (Å²) in [5, 5.41) is 2.78. The van der Waals surface area contributed by atoms with E-state index in [-0.39, 0.29) is 17.9 Å². The average Bonchev–Trinajstić information content (AvgIpc) is 3.29. The lowest BCUT2D eigenvalue weighted by Crippen LogP contribution is -2.53. The molecular weight excluding hydrogens is 462 g/mol. The van der Waals surface area contributed by atoms with Crippen LogP contribution in [-0.2, 0) is 17.6 Å². The van der Waals surface area contributed by atoms with E-state index in [1.165, 1.54) is 23.7 Å². The minimum atomic E-state index is -0.0769. The summed E-state index contributed by atoms with van der Waals surface area (Å²) >= 11 is 0. The molecule has 190 valence electrons. The van der Waals surface area contributed by atoms with Crippen molar-refractivity contribution in [3.05, 3.63) is 89.2 Å². The Morgan fingerprint density at radius 1 is 1.03 bits per heavy atom. The zero-order chi connectivity index (χ0) is 25.9. The van der Waals surface area contributed by atoms with E-state index in [1.54, 1.807) is 0 Å². The van der Waals surface area contributed by atoms with Crippen LogP contribution in [0.2, 0.25) is 0 Å². The second-order valence-corrected chi connectivity index (χ2v) is 9.93. The zero-order valence-electron chi connectivity index (χ0n) is 21.6. The average molecular weight is 496 g/mol. The second kappa shape index (κ2) is 10.5. The van der Waals surface area contributed by atoms with Gasteiger partial charge in [-0.15, -0.1) is 0 Å². The number of imidazole rings is 1. The lowest BCUT2D eigenvalue weighted by Gasteiger charge is -2.41. The normalized spacial score (nSPS) is 15.7. The highest BCUT2D eigenvalue weighted by molar-refractivity contribution is 5.97. The summed E-state index contributed by atoms with van der Waals surface area (Å²) in [6, 6.07) is 22.4. The molecule has 37 heavy (non-hydrogen) atoms. The molecule has 0 aliphatic carbocycles. The summed E-state index contributed by atoms with van der Waals surface area (Å²) in [6.45, 7) is 8.00. The maximum Gasteiger partial charge on any atom is 0.254 e. The van der Waals surface area contributed by atoms with E-state index in [0.29, 0.717) is 18.7 Å². The number of piperazine rings is 1. The summed E-state index contributed by atoms with van der Waals surface area (Å²) in [5.74, 6) is 0.880. The van der Waals surface area contributed by atoms with Gasteiger partial charge in [-0.3, -0.25) is 9.59 Å². The van der Waals surface area contributed by atoms with Crippen LogP contribution >= 0.6 is 0 Å². The number of aryl methyl sites for hydroxylation is 3. The zero-order valence-corrected chi connectivity index (χ0v) is 21.6. The van der Waals surface area contributed by atoms with E-state index >= 15 is 0 Å². The van der Waals surface area contributed by atoms with Gasteiger partial charge in [-0.1, -0.05) is 24.3 Å². The summed E-state index contributed by atoms with van der Waals surface area (Å²) in [5.41, 5.74) is 6.86. The number of nitrogens with one attached hydrogen (secondary N) is 2. The summed E-state index contributed by atoms with van der Waals surface area (Å²) < 4.78 is 0. The molecule has 0 spiro atoms. The first-order valence-corrected chi connectivity index (χ1v) is 12.8. The molecule has 0 unspecified atom stereocenters. The van der Waals surface area contributed by atoms with Gasteiger partial charge in [0, 0.05) is 56.0 Å². The van der Waals surface area contributed by atoms with Gasteiger partial charge in [0.05, 0.1) is 11.0 Å². The molecule has 1 saturated heterocycles. The largest absolute Gasteiger partial charge is 0.365 e. The number of carbonyl (C=O) groups is 2. The minimum Gasteiger partial charge on any atom is -0.365 e. The Kier molecular flexibility index (Phi) is 6.95. The van der Waals surface area contributed by atoms with Gasteiger partial charge >= 0.3 is 0 Å². The minimum absolute atomic E-state index is 0.0630. The molecule has 1 fully saturated rings. The van der Waals surface area contributed by atoms with Crippen molar-refractivity contribution < 1.29 is 9.59 Å². The van der Waals surface area contributed by atoms with E-state index in [0.717, 1.165) is 41.9 Å².